The van der Waals surface area contributed by atoms with E-state index in [1.165, 1.54) is 12.1 Å². The van der Waals surface area contributed by atoms with Gasteiger partial charge in [0, 0.05) is 30.3 Å². The van der Waals surface area contributed by atoms with Crippen LogP contribution < -0.4 is 5.32 Å². The normalized spacial score (nSPS) is 17.0. The van der Waals surface area contributed by atoms with E-state index < -0.39 is 5.82 Å². The molecule has 5 nitrogen and oxygen atoms in total. The van der Waals surface area contributed by atoms with Gasteiger partial charge in [0.2, 0.25) is 5.91 Å². The van der Waals surface area contributed by atoms with Crippen LogP contribution in [0, 0.1) is 11.7 Å². The standard InChI is InChI=1S/C20H23ClFN3O2S/c1-12(2)18(26)23-9-15-11-28-19(24-15)13-4-3-7-25(10-13)20(27)16-6-5-14(22)8-17(16)21/h5-6,8,11-13H,3-4,7,9-10H2,1-2H3,(H,23,26)/t13-/m1/s1. The van der Waals surface area contributed by atoms with E-state index in [1.54, 1.807) is 16.2 Å². The van der Waals surface area contributed by atoms with Gasteiger partial charge in [-0.25, -0.2) is 9.37 Å². The fourth-order valence-electron chi connectivity index (χ4n) is 3.17. The van der Waals surface area contributed by atoms with Crippen molar-refractivity contribution in [1.29, 1.82) is 0 Å². The minimum atomic E-state index is -0.460. The summed E-state index contributed by atoms with van der Waals surface area (Å²) in [5.74, 6) is -0.556. The van der Waals surface area contributed by atoms with E-state index in [1.807, 2.05) is 19.2 Å². The van der Waals surface area contributed by atoms with E-state index in [9.17, 15) is 14.0 Å². The smallest absolute Gasteiger partial charge is 0.255 e. The van der Waals surface area contributed by atoms with Crippen LogP contribution in [0.1, 0.15) is 53.7 Å². The van der Waals surface area contributed by atoms with Gasteiger partial charge in [0.15, 0.2) is 0 Å². The Balaban J connectivity index is 1.65. The Morgan fingerprint density at radius 2 is 2.21 bits per heavy atom. The first-order valence-corrected chi connectivity index (χ1v) is 10.6. The van der Waals surface area contributed by atoms with Crippen molar-refractivity contribution in [2.45, 2.75) is 39.2 Å². The van der Waals surface area contributed by atoms with Crippen LogP contribution in [0.15, 0.2) is 23.6 Å². The minimum absolute atomic E-state index is 0.000153. The highest BCUT2D eigenvalue weighted by Gasteiger charge is 2.28. The third-order valence-corrected chi connectivity index (χ3v) is 6.13. The number of hydrogen-bond acceptors (Lipinski definition) is 4. The molecule has 0 radical (unpaired) electrons. The summed E-state index contributed by atoms with van der Waals surface area (Å²) in [6, 6.07) is 3.84. The second kappa shape index (κ2) is 9.01. The van der Waals surface area contributed by atoms with Crippen molar-refractivity contribution in [3.8, 4) is 0 Å². The molecule has 8 heteroatoms. The number of aromatic nitrogens is 1. The van der Waals surface area contributed by atoms with Crippen molar-refractivity contribution >= 4 is 34.8 Å². The fourth-order valence-corrected chi connectivity index (χ4v) is 4.37. The molecule has 2 aromatic rings. The quantitative estimate of drug-likeness (QED) is 0.782. The molecule has 0 saturated carbocycles. The zero-order valence-electron chi connectivity index (χ0n) is 15.9. The average Bonchev–Trinajstić information content (AvgIpc) is 3.14. The van der Waals surface area contributed by atoms with Crippen LogP contribution in [0.4, 0.5) is 4.39 Å². The first kappa shape index (κ1) is 20.7. The maximum Gasteiger partial charge on any atom is 0.255 e. The molecule has 1 fully saturated rings. The van der Waals surface area contributed by atoms with Crippen LogP contribution in [0.3, 0.4) is 0 Å². The minimum Gasteiger partial charge on any atom is -0.350 e. The number of rotatable bonds is 5. The Morgan fingerprint density at radius 1 is 1.43 bits per heavy atom. The molecule has 0 aliphatic carbocycles. The van der Waals surface area contributed by atoms with Crippen LogP contribution in [0.5, 0.6) is 0 Å². The monoisotopic (exact) mass is 423 g/mol. The highest BCUT2D eigenvalue weighted by Crippen LogP contribution is 2.31. The molecule has 1 atom stereocenters. The largest absolute Gasteiger partial charge is 0.350 e. The number of piperidine rings is 1. The molecule has 1 aromatic heterocycles. The van der Waals surface area contributed by atoms with Crippen molar-refractivity contribution in [3.63, 3.8) is 0 Å². The molecular formula is C20H23ClFN3O2S. The number of amides is 2. The van der Waals surface area contributed by atoms with Crippen molar-refractivity contribution < 1.29 is 14.0 Å². The van der Waals surface area contributed by atoms with Gasteiger partial charge in [-0.15, -0.1) is 11.3 Å². The highest BCUT2D eigenvalue weighted by atomic mass is 35.5. The lowest BCUT2D eigenvalue weighted by Gasteiger charge is -2.32. The van der Waals surface area contributed by atoms with Crippen LogP contribution in [0.2, 0.25) is 5.02 Å². The van der Waals surface area contributed by atoms with Gasteiger partial charge < -0.3 is 10.2 Å². The number of carbonyl (C=O) groups is 2. The summed E-state index contributed by atoms with van der Waals surface area (Å²) >= 11 is 7.61. The molecule has 28 heavy (non-hydrogen) atoms. The number of thiazole rings is 1. The molecule has 3 rings (SSSR count). The molecule has 150 valence electrons. The fraction of sp³-hybridized carbons (Fsp3) is 0.450. The highest BCUT2D eigenvalue weighted by molar-refractivity contribution is 7.09. The molecule has 0 unspecified atom stereocenters. The van der Waals surface area contributed by atoms with E-state index >= 15 is 0 Å². The zero-order valence-corrected chi connectivity index (χ0v) is 17.4. The maximum atomic E-state index is 13.3. The number of halogens is 2. The topological polar surface area (TPSA) is 62.3 Å². The summed E-state index contributed by atoms with van der Waals surface area (Å²) < 4.78 is 13.3. The molecule has 1 saturated heterocycles. The lowest BCUT2D eigenvalue weighted by atomic mass is 9.98. The molecule has 2 heterocycles. The molecule has 0 bridgehead atoms. The molecule has 0 spiro atoms. The van der Waals surface area contributed by atoms with E-state index in [4.69, 9.17) is 11.6 Å². The molecular weight excluding hydrogens is 401 g/mol. The summed E-state index contributed by atoms with van der Waals surface area (Å²) in [5, 5.41) is 5.92. The number of nitrogens with one attached hydrogen (secondary N) is 1. The Hall–Kier alpha value is -1.99. The van der Waals surface area contributed by atoms with E-state index in [0.717, 1.165) is 29.6 Å². The van der Waals surface area contributed by atoms with Crippen molar-refractivity contribution in [2.75, 3.05) is 13.1 Å². The number of likely N-dealkylation sites (tertiary alicyclic amines) is 1. The number of hydrogen-bond donors (Lipinski definition) is 1. The zero-order chi connectivity index (χ0) is 20.3. The van der Waals surface area contributed by atoms with Crippen LogP contribution in [-0.2, 0) is 11.3 Å². The van der Waals surface area contributed by atoms with Gasteiger partial charge in [-0.2, -0.15) is 0 Å². The Kier molecular flexibility index (Phi) is 6.67. The van der Waals surface area contributed by atoms with Gasteiger partial charge in [0.25, 0.3) is 5.91 Å². The first-order valence-electron chi connectivity index (χ1n) is 9.31. The Labute approximate surface area is 172 Å². The second-order valence-corrected chi connectivity index (χ2v) is 8.56. The molecule has 1 aliphatic rings. The predicted octanol–water partition coefficient (Wildman–Crippen LogP) is 4.23. The SMILES string of the molecule is CC(C)C(=O)NCc1csc([C@@H]2CCCN(C(=O)c3ccc(F)cc3Cl)C2)n1. The van der Waals surface area contributed by atoms with Gasteiger partial charge >= 0.3 is 0 Å². The van der Waals surface area contributed by atoms with Crippen LogP contribution in [0.25, 0.3) is 0 Å². The van der Waals surface area contributed by atoms with Crippen LogP contribution in [-0.4, -0.2) is 34.8 Å². The summed E-state index contributed by atoms with van der Waals surface area (Å²) in [6.07, 6.45) is 1.82. The van der Waals surface area contributed by atoms with E-state index in [2.05, 4.69) is 10.3 Å². The van der Waals surface area contributed by atoms with Gasteiger partial charge in [0.05, 0.1) is 27.8 Å². The Bertz CT molecular complexity index is 871. The first-order chi connectivity index (χ1) is 13.3. The molecule has 1 aromatic carbocycles. The lowest BCUT2D eigenvalue weighted by molar-refractivity contribution is -0.124. The van der Waals surface area contributed by atoms with E-state index in [0.29, 0.717) is 25.2 Å². The molecule has 1 aliphatic heterocycles. The van der Waals surface area contributed by atoms with Crippen molar-refractivity contribution in [1.82, 2.24) is 15.2 Å². The summed E-state index contributed by atoms with van der Waals surface area (Å²) in [6.45, 7) is 5.31. The predicted molar refractivity (Wildman–Crippen MR) is 108 cm³/mol. The number of benzene rings is 1. The van der Waals surface area contributed by atoms with Gasteiger partial charge in [-0.1, -0.05) is 25.4 Å². The van der Waals surface area contributed by atoms with Gasteiger partial charge in [0.1, 0.15) is 5.82 Å². The van der Waals surface area contributed by atoms with Gasteiger partial charge in [-0.05, 0) is 31.0 Å². The van der Waals surface area contributed by atoms with Crippen LogP contribution >= 0.6 is 22.9 Å². The third kappa shape index (κ3) is 4.89. The number of carbonyl (C=O) groups excluding carboxylic acids is 2. The average molecular weight is 424 g/mol. The van der Waals surface area contributed by atoms with Gasteiger partial charge in [-0.3, -0.25) is 9.59 Å². The Morgan fingerprint density at radius 3 is 2.93 bits per heavy atom. The third-order valence-electron chi connectivity index (χ3n) is 4.76. The van der Waals surface area contributed by atoms with Crippen molar-refractivity contribution in [2.24, 2.45) is 5.92 Å². The molecule has 2 amide bonds. The van der Waals surface area contributed by atoms with Crippen molar-refractivity contribution in [3.05, 3.63) is 50.7 Å². The van der Waals surface area contributed by atoms with E-state index in [-0.39, 0.29) is 28.7 Å². The summed E-state index contributed by atoms with van der Waals surface area (Å²) in [4.78, 5) is 30.9. The molecule has 1 N–H and O–H groups in total. The summed E-state index contributed by atoms with van der Waals surface area (Å²) in [7, 11) is 0. The maximum absolute atomic E-state index is 13.3. The second-order valence-electron chi connectivity index (χ2n) is 7.26. The lowest BCUT2D eigenvalue weighted by Crippen LogP contribution is -2.39. The number of nitrogens with zero attached hydrogens (tertiary/aromatic N) is 2. The summed E-state index contributed by atoms with van der Waals surface area (Å²) in [5.41, 5.74) is 1.15.